The summed E-state index contributed by atoms with van der Waals surface area (Å²) in [6.45, 7) is -0.0545. The first-order valence-corrected chi connectivity index (χ1v) is 6.84. The Morgan fingerprint density at radius 2 is 1.85 bits per heavy atom. The molecule has 0 fully saturated rings. The maximum absolute atomic E-state index is 13.5. The quantitative estimate of drug-likeness (QED) is 0.900. The van der Waals surface area contributed by atoms with Crippen molar-refractivity contribution in [3.05, 3.63) is 69.9 Å². The molecule has 0 radical (unpaired) electrons. The van der Waals surface area contributed by atoms with Gasteiger partial charge in [0.25, 0.3) is 5.91 Å². The Bertz CT molecular complexity index is 618. The van der Waals surface area contributed by atoms with Crippen LogP contribution < -0.4 is 5.32 Å². The van der Waals surface area contributed by atoms with Gasteiger partial charge in [0, 0.05) is 16.6 Å². The van der Waals surface area contributed by atoms with E-state index in [1.165, 1.54) is 12.1 Å². The predicted octanol–water partition coefficient (Wildman–Crippen LogP) is 3.05. The Kier molecular flexibility index (Phi) is 4.87. The summed E-state index contributed by atoms with van der Waals surface area (Å²) >= 11 is 3.28. The third-order valence-electron chi connectivity index (χ3n) is 2.84. The fraction of sp³-hybridized carbons (Fsp3) is 0.133. The SMILES string of the molecule is O=C(NCC(O)c1ccccc1F)c1ccccc1Br. The van der Waals surface area contributed by atoms with Gasteiger partial charge in [-0.3, -0.25) is 4.79 Å². The molecule has 0 spiro atoms. The average molecular weight is 338 g/mol. The maximum atomic E-state index is 13.5. The molecule has 5 heteroatoms. The molecule has 2 N–H and O–H groups in total. The van der Waals surface area contributed by atoms with Crippen LogP contribution in [0.15, 0.2) is 53.0 Å². The number of nitrogens with one attached hydrogen (secondary N) is 1. The normalized spacial score (nSPS) is 11.9. The number of aliphatic hydroxyl groups excluding tert-OH is 1. The van der Waals surface area contributed by atoms with Crippen molar-refractivity contribution < 1.29 is 14.3 Å². The number of amides is 1. The van der Waals surface area contributed by atoms with Crippen molar-refractivity contribution in [1.29, 1.82) is 0 Å². The van der Waals surface area contributed by atoms with E-state index in [1.807, 2.05) is 0 Å². The van der Waals surface area contributed by atoms with Gasteiger partial charge in [0.05, 0.1) is 11.7 Å². The molecule has 1 atom stereocenters. The van der Waals surface area contributed by atoms with E-state index in [0.29, 0.717) is 10.0 Å². The van der Waals surface area contributed by atoms with Crippen LogP contribution in [0.4, 0.5) is 4.39 Å². The monoisotopic (exact) mass is 337 g/mol. The maximum Gasteiger partial charge on any atom is 0.252 e. The molecule has 0 heterocycles. The zero-order valence-corrected chi connectivity index (χ0v) is 12.1. The molecule has 0 aliphatic rings. The Labute approximate surface area is 124 Å². The fourth-order valence-electron chi connectivity index (χ4n) is 1.79. The van der Waals surface area contributed by atoms with Crippen molar-refractivity contribution in [3.8, 4) is 0 Å². The third kappa shape index (κ3) is 3.43. The summed E-state index contributed by atoms with van der Waals surface area (Å²) in [4.78, 5) is 11.9. The van der Waals surface area contributed by atoms with Gasteiger partial charge in [-0.2, -0.15) is 0 Å². The van der Waals surface area contributed by atoms with Crippen LogP contribution in [0.25, 0.3) is 0 Å². The first kappa shape index (κ1) is 14.7. The lowest BCUT2D eigenvalue weighted by Gasteiger charge is -2.13. The molecule has 0 saturated heterocycles. The lowest BCUT2D eigenvalue weighted by atomic mass is 10.1. The molecule has 0 aromatic heterocycles. The number of aliphatic hydroxyl groups is 1. The molecule has 1 unspecified atom stereocenters. The zero-order chi connectivity index (χ0) is 14.5. The summed E-state index contributed by atoms with van der Waals surface area (Å²) in [5.41, 5.74) is 0.633. The highest BCUT2D eigenvalue weighted by Crippen LogP contribution is 2.17. The fourth-order valence-corrected chi connectivity index (χ4v) is 2.25. The van der Waals surface area contributed by atoms with Gasteiger partial charge in [-0.25, -0.2) is 4.39 Å². The largest absolute Gasteiger partial charge is 0.386 e. The smallest absolute Gasteiger partial charge is 0.252 e. The van der Waals surface area contributed by atoms with Gasteiger partial charge in [-0.15, -0.1) is 0 Å². The molecule has 104 valence electrons. The predicted molar refractivity (Wildman–Crippen MR) is 77.8 cm³/mol. The standard InChI is InChI=1S/C15H13BrFNO2/c16-12-7-3-1-5-10(12)15(20)18-9-14(19)11-6-2-4-8-13(11)17/h1-8,14,19H,9H2,(H,18,20). The third-order valence-corrected chi connectivity index (χ3v) is 3.53. The zero-order valence-electron chi connectivity index (χ0n) is 10.5. The highest BCUT2D eigenvalue weighted by molar-refractivity contribution is 9.10. The van der Waals surface area contributed by atoms with Crippen LogP contribution in [-0.2, 0) is 0 Å². The highest BCUT2D eigenvalue weighted by atomic mass is 79.9. The molecule has 2 aromatic carbocycles. The van der Waals surface area contributed by atoms with Crippen LogP contribution in [0.3, 0.4) is 0 Å². The first-order valence-electron chi connectivity index (χ1n) is 6.05. The molecule has 3 nitrogen and oxygen atoms in total. The number of rotatable bonds is 4. The van der Waals surface area contributed by atoms with Crippen LogP contribution in [0.5, 0.6) is 0 Å². The van der Waals surface area contributed by atoms with Gasteiger partial charge in [0.2, 0.25) is 0 Å². The minimum Gasteiger partial charge on any atom is -0.386 e. The highest BCUT2D eigenvalue weighted by Gasteiger charge is 2.15. The van der Waals surface area contributed by atoms with Crippen LogP contribution in [-0.4, -0.2) is 17.6 Å². The van der Waals surface area contributed by atoms with Crippen molar-refractivity contribution in [2.45, 2.75) is 6.10 Å². The lowest BCUT2D eigenvalue weighted by molar-refractivity contribution is 0.0913. The minimum absolute atomic E-state index is 0.0545. The minimum atomic E-state index is -1.08. The van der Waals surface area contributed by atoms with E-state index in [2.05, 4.69) is 21.2 Å². The van der Waals surface area contributed by atoms with E-state index in [1.54, 1.807) is 36.4 Å². The Morgan fingerprint density at radius 1 is 1.20 bits per heavy atom. The van der Waals surface area contributed by atoms with E-state index >= 15 is 0 Å². The summed E-state index contributed by atoms with van der Waals surface area (Å²) < 4.78 is 14.1. The van der Waals surface area contributed by atoms with Crippen molar-refractivity contribution in [1.82, 2.24) is 5.32 Å². The van der Waals surface area contributed by atoms with Crippen LogP contribution >= 0.6 is 15.9 Å². The summed E-state index contributed by atoms with van der Waals surface area (Å²) in [5, 5.41) is 12.5. The number of carbonyl (C=O) groups is 1. The number of carbonyl (C=O) groups excluding carboxylic acids is 1. The molecule has 0 bridgehead atoms. The van der Waals surface area contributed by atoms with Gasteiger partial charge < -0.3 is 10.4 Å². The summed E-state index contributed by atoms with van der Waals surface area (Å²) in [6, 6.07) is 12.9. The van der Waals surface area contributed by atoms with E-state index in [9.17, 15) is 14.3 Å². The summed E-state index contributed by atoms with van der Waals surface area (Å²) in [5.74, 6) is -0.817. The topological polar surface area (TPSA) is 49.3 Å². The number of hydrogen-bond acceptors (Lipinski definition) is 2. The summed E-state index contributed by atoms with van der Waals surface area (Å²) in [7, 11) is 0. The Morgan fingerprint density at radius 3 is 2.55 bits per heavy atom. The molecular weight excluding hydrogens is 325 g/mol. The lowest BCUT2D eigenvalue weighted by Crippen LogP contribution is -2.28. The van der Waals surface area contributed by atoms with E-state index in [4.69, 9.17) is 0 Å². The Hall–Kier alpha value is -1.72. The number of hydrogen-bond donors (Lipinski definition) is 2. The second-order valence-corrected chi connectivity index (χ2v) is 5.08. The molecule has 0 aliphatic carbocycles. The van der Waals surface area contributed by atoms with Crippen molar-refractivity contribution >= 4 is 21.8 Å². The van der Waals surface area contributed by atoms with Gasteiger partial charge >= 0.3 is 0 Å². The van der Waals surface area contributed by atoms with Gasteiger partial charge in [-0.1, -0.05) is 30.3 Å². The van der Waals surface area contributed by atoms with Crippen LogP contribution in [0.1, 0.15) is 22.0 Å². The molecule has 2 aromatic rings. The molecule has 1 amide bonds. The second-order valence-electron chi connectivity index (χ2n) is 4.23. The Balaban J connectivity index is 2.01. The van der Waals surface area contributed by atoms with Crippen LogP contribution in [0, 0.1) is 5.82 Å². The molecule has 0 aliphatic heterocycles. The molecule has 2 rings (SSSR count). The van der Waals surface area contributed by atoms with Crippen molar-refractivity contribution in [2.75, 3.05) is 6.54 Å². The van der Waals surface area contributed by atoms with Gasteiger partial charge in [-0.05, 0) is 34.1 Å². The van der Waals surface area contributed by atoms with E-state index in [0.717, 1.165) is 0 Å². The molecule has 0 saturated carbocycles. The number of halogens is 2. The second kappa shape index (κ2) is 6.63. The average Bonchev–Trinajstić information content (AvgIpc) is 2.45. The molecule has 20 heavy (non-hydrogen) atoms. The van der Waals surface area contributed by atoms with Gasteiger partial charge in [0.15, 0.2) is 0 Å². The van der Waals surface area contributed by atoms with Crippen molar-refractivity contribution in [2.24, 2.45) is 0 Å². The first-order chi connectivity index (χ1) is 9.59. The molecular formula is C15H13BrFNO2. The van der Waals surface area contributed by atoms with Crippen molar-refractivity contribution in [3.63, 3.8) is 0 Å². The summed E-state index contributed by atoms with van der Waals surface area (Å²) in [6.07, 6.45) is -1.08. The van der Waals surface area contributed by atoms with E-state index in [-0.39, 0.29) is 18.0 Å². The van der Waals surface area contributed by atoms with Crippen LogP contribution in [0.2, 0.25) is 0 Å². The number of benzene rings is 2. The van der Waals surface area contributed by atoms with E-state index < -0.39 is 11.9 Å². The van der Waals surface area contributed by atoms with Gasteiger partial charge in [0.1, 0.15) is 5.82 Å².